The van der Waals surface area contributed by atoms with Gasteiger partial charge in [-0.2, -0.15) is 0 Å². The fraction of sp³-hybridized carbons (Fsp3) is 0.300. The number of amides is 3. The molecule has 31 heavy (non-hydrogen) atoms. The van der Waals surface area contributed by atoms with Crippen LogP contribution in [-0.2, 0) is 24.4 Å². The first-order valence-electron chi connectivity index (χ1n) is 9.67. The van der Waals surface area contributed by atoms with Crippen LogP contribution < -0.4 is 10.0 Å². The number of nitrogens with one attached hydrogen (secondary N) is 2. The molecule has 1 aromatic heterocycles. The largest absolute Gasteiger partial charge is 0.326 e. The van der Waals surface area contributed by atoms with Crippen LogP contribution in [0, 0.1) is 11.8 Å². The van der Waals surface area contributed by atoms with Crippen molar-refractivity contribution in [3.63, 3.8) is 0 Å². The normalized spacial score (nSPS) is 20.6. The highest BCUT2D eigenvalue weighted by atomic mass is 32.2. The lowest BCUT2D eigenvalue weighted by molar-refractivity contribution is -0.140. The van der Waals surface area contributed by atoms with E-state index in [9.17, 15) is 22.8 Å². The van der Waals surface area contributed by atoms with Gasteiger partial charge in [0.1, 0.15) is 0 Å². The average molecular weight is 461 g/mol. The molecule has 2 N–H and O–H groups in total. The van der Waals surface area contributed by atoms with Crippen molar-refractivity contribution in [3.8, 4) is 0 Å². The van der Waals surface area contributed by atoms with E-state index in [0.717, 1.165) is 11.3 Å². The molecule has 2 atom stereocenters. The van der Waals surface area contributed by atoms with Gasteiger partial charge in [0.15, 0.2) is 5.13 Å². The summed E-state index contributed by atoms with van der Waals surface area (Å²) in [5.74, 6) is -1.42. The summed E-state index contributed by atoms with van der Waals surface area (Å²) in [5, 5.41) is 4.58. The molecular formula is C20H20N4O5S2. The molecule has 4 rings (SSSR count). The number of anilines is 2. The smallest absolute Gasteiger partial charge is 0.263 e. The summed E-state index contributed by atoms with van der Waals surface area (Å²) in [4.78, 5) is 42.3. The highest BCUT2D eigenvalue weighted by Gasteiger charge is 2.46. The van der Waals surface area contributed by atoms with Crippen molar-refractivity contribution < 1.29 is 22.8 Å². The first kappa shape index (κ1) is 21.2. The lowest BCUT2D eigenvalue weighted by Gasteiger charge is -2.14. The van der Waals surface area contributed by atoms with Crippen molar-refractivity contribution >= 4 is 49.9 Å². The second-order valence-corrected chi connectivity index (χ2v) is 9.83. The summed E-state index contributed by atoms with van der Waals surface area (Å²) in [6.45, 7) is 0.0285. The van der Waals surface area contributed by atoms with Crippen molar-refractivity contribution in [1.29, 1.82) is 0 Å². The SMILES string of the molecule is O=C(CCN1C(=O)[C@H]2CC=CC[C@@H]2C1=O)Nc1ccc(S(=O)(=O)Nc2nccs2)cc1. The predicted octanol–water partition coefficient (Wildman–Crippen LogP) is 2.22. The van der Waals surface area contributed by atoms with Crippen LogP contribution in [0.4, 0.5) is 10.8 Å². The molecule has 11 heteroatoms. The fourth-order valence-corrected chi connectivity index (χ4v) is 5.48. The number of hydrogen-bond acceptors (Lipinski definition) is 7. The minimum absolute atomic E-state index is 0.0285. The number of sulfonamides is 1. The molecular weight excluding hydrogens is 440 g/mol. The van der Waals surface area contributed by atoms with Gasteiger partial charge in [-0.05, 0) is 37.1 Å². The minimum Gasteiger partial charge on any atom is -0.326 e. The minimum atomic E-state index is -3.77. The molecule has 3 amide bonds. The van der Waals surface area contributed by atoms with Crippen molar-refractivity contribution in [1.82, 2.24) is 9.88 Å². The van der Waals surface area contributed by atoms with E-state index in [1.807, 2.05) is 12.2 Å². The van der Waals surface area contributed by atoms with E-state index >= 15 is 0 Å². The molecule has 0 saturated carbocycles. The maximum atomic E-state index is 12.4. The van der Waals surface area contributed by atoms with Gasteiger partial charge in [0.2, 0.25) is 17.7 Å². The van der Waals surface area contributed by atoms with Crippen LogP contribution in [0.25, 0.3) is 0 Å². The van der Waals surface area contributed by atoms with E-state index in [1.165, 1.54) is 35.4 Å². The van der Waals surface area contributed by atoms with Crippen LogP contribution >= 0.6 is 11.3 Å². The van der Waals surface area contributed by atoms with Gasteiger partial charge < -0.3 is 5.32 Å². The van der Waals surface area contributed by atoms with Crippen LogP contribution in [0.1, 0.15) is 19.3 Å². The number of nitrogens with zero attached hydrogens (tertiary/aromatic N) is 2. The predicted molar refractivity (Wildman–Crippen MR) is 115 cm³/mol. The number of imide groups is 1. The van der Waals surface area contributed by atoms with E-state index < -0.39 is 10.0 Å². The zero-order chi connectivity index (χ0) is 22.0. The summed E-state index contributed by atoms with van der Waals surface area (Å²) < 4.78 is 27.1. The summed E-state index contributed by atoms with van der Waals surface area (Å²) >= 11 is 1.16. The molecule has 0 bridgehead atoms. The number of aromatic nitrogens is 1. The number of likely N-dealkylation sites (tertiary alicyclic amines) is 1. The Kier molecular flexibility index (Phi) is 5.88. The van der Waals surface area contributed by atoms with Crippen molar-refractivity contribution in [2.45, 2.75) is 24.2 Å². The molecule has 2 heterocycles. The maximum absolute atomic E-state index is 12.4. The lowest BCUT2D eigenvalue weighted by atomic mass is 9.85. The average Bonchev–Trinajstić information content (AvgIpc) is 3.34. The van der Waals surface area contributed by atoms with E-state index in [2.05, 4.69) is 15.0 Å². The quantitative estimate of drug-likeness (QED) is 0.482. The van der Waals surface area contributed by atoms with Crippen molar-refractivity contribution in [2.24, 2.45) is 11.8 Å². The van der Waals surface area contributed by atoms with Gasteiger partial charge >= 0.3 is 0 Å². The number of carbonyl (C=O) groups excluding carboxylic acids is 3. The third kappa shape index (κ3) is 4.52. The first-order chi connectivity index (χ1) is 14.8. The van der Waals surface area contributed by atoms with Crippen LogP contribution in [-0.4, -0.2) is 42.6 Å². The van der Waals surface area contributed by atoms with Crippen LogP contribution in [0.2, 0.25) is 0 Å². The third-order valence-electron chi connectivity index (χ3n) is 5.26. The zero-order valence-corrected chi connectivity index (χ0v) is 18.0. The van der Waals surface area contributed by atoms with Gasteiger partial charge in [-0.25, -0.2) is 13.4 Å². The van der Waals surface area contributed by atoms with Crippen LogP contribution in [0.3, 0.4) is 0 Å². The number of fused-ring (bicyclic) bond motifs is 1. The van der Waals surface area contributed by atoms with E-state index in [-0.39, 0.29) is 52.5 Å². The fourth-order valence-electron chi connectivity index (χ4n) is 3.69. The molecule has 2 aromatic rings. The first-order valence-corrected chi connectivity index (χ1v) is 12.0. The number of carbonyl (C=O) groups is 3. The molecule has 1 aromatic carbocycles. The Morgan fingerprint density at radius 3 is 2.32 bits per heavy atom. The molecule has 1 saturated heterocycles. The molecule has 0 unspecified atom stereocenters. The molecule has 2 aliphatic rings. The lowest BCUT2D eigenvalue weighted by Crippen LogP contribution is -2.34. The van der Waals surface area contributed by atoms with Gasteiger partial charge in [-0.1, -0.05) is 12.2 Å². The van der Waals surface area contributed by atoms with Crippen LogP contribution in [0.15, 0.2) is 52.9 Å². The molecule has 9 nitrogen and oxygen atoms in total. The Morgan fingerprint density at radius 1 is 1.10 bits per heavy atom. The van der Waals surface area contributed by atoms with Gasteiger partial charge in [-0.3, -0.25) is 24.0 Å². The highest BCUT2D eigenvalue weighted by molar-refractivity contribution is 7.93. The topological polar surface area (TPSA) is 126 Å². The zero-order valence-electron chi connectivity index (χ0n) is 16.4. The summed E-state index contributed by atoms with van der Waals surface area (Å²) in [6, 6.07) is 5.69. The van der Waals surface area contributed by atoms with Crippen molar-refractivity contribution in [2.75, 3.05) is 16.6 Å². The summed E-state index contributed by atoms with van der Waals surface area (Å²) in [7, 11) is -3.77. The summed E-state index contributed by atoms with van der Waals surface area (Å²) in [6.07, 6.45) is 6.41. The van der Waals surface area contributed by atoms with E-state index in [0.29, 0.717) is 18.5 Å². The molecule has 1 aliphatic heterocycles. The number of benzene rings is 1. The third-order valence-corrected chi connectivity index (χ3v) is 7.44. The van der Waals surface area contributed by atoms with Gasteiger partial charge in [0.25, 0.3) is 10.0 Å². The molecule has 1 fully saturated rings. The molecule has 1 aliphatic carbocycles. The van der Waals surface area contributed by atoms with Crippen LogP contribution in [0.5, 0.6) is 0 Å². The highest BCUT2D eigenvalue weighted by Crippen LogP contribution is 2.35. The van der Waals surface area contributed by atoms with Gasteiger partial charge in [0, 0.05) is 30.2 Å². The Morgan fingerprint density at radius 2 is 1.74 bits per heavy atom. The van der Waals surface area contributed by atoms with E-state index in [1.54, 1.807) is 5.38 Å². The van der Waals surface area contributed by atoms with Crippen molar-refractivity contribution in [3.05, 3.63) is 48.0 Å². The molecule has 162 valence electrons. The Bertz CT molecular complexity index is 1100. The second kappa shape index (κ2) is 8.60. The summed E-state index contributed by atoms with van der Waals surface area (Å²) in [5.41, 5.74) is 0.412. The van der Waals surface area contributed by atoms with E-state index in [4.69, 9.17) is 0 Å². The Labute approximate surface area is 183 Å². The second-order valence-electron chi connectivity index (χ2n) is 7.25. The Balaban J connectivity index is 1.32. The standard InChI is InChI=1S/C20H20N4O5S2/c25-17(9-11-24-18(26)15-3-1-2-4-16(15)19(24)27)22-13-5-7-14(8-6-13)31(28,29)23-20-21-10-12-30-20/h1-2,5-8,10,12,15-16H,3-4,9,11H2,(H,21,23)(H,22,25)/t15-,16-/m0/s1. The number of allylic oxidation sites excluding steroid dienone is 2. The number of thiazole rings is 1. The Hall–Kier alpha value is -3.05. The maximum Gasteiger partial charge on any atom is 0.263 e. The molecule has 0 radical (unpaired) electrons. The van der Waals surface area contributed by atoms with Gasteiger partial charge in [0.05, 0.1) is 16.7 Å². The number of hydrogen-bond donors (Lipinski definition) is 2. The molecule has 0 spiro atoms. The number of rotatable bonds is 7. The monoisotopic (exact) mass is 460 g/mol. The van der Waals surface area contributed by atoms with Gasteiger partial charge in [-0.15, -0.1) is 11.3 Å².